The van der Waals surface area contributed by atoms with Crippen molar-refractivity contribution < 1.29 is 18.0 Å². The van der Waals surface area contributed by atoms with E-state index in [1.165, 1.54) is 36.2 Å². The maximum atomic E-state index is 12.6. The zero-order valence-electron chi connectivity index (χ0n) is 15.9. The third-order valence-corrected chi connectivity index (χ3v) is 5.84. The second kappa shape index (κ2) is 9.69. The number of carbonyl (C=O) groups is 2. The van der Waals surface area contributed by atoms with Crippen LogP contribution in [0.2, 0.25) is 0 Å². The van der Waals surface area contributed by atoms with E-state index in [9.17, 15) is 18.0 Å². The van der Waals surface area contributed by atoms with Gasteiger partial charge in [0, 0.05) is 22.8 Å². The van der Waals surface area contributed by atoms with Crippen LogP contribution in [0.3, 0.4) is 0 Å². The normalized spacial score (nSPS) is 10.8. The maximum absolute atomic E-state index is 12.6. The van der Waals surface area contributed by atoms with Gasteiger partial charge in [-0.3, -0.25) is 9.59 Å². The molecule has 2 amide bonds. The molecule has 2 N–H and O–H groups in total. The van der Waals surface area contributed by atoms with E-state index in [-0.39, 0.29) is 29.5 Å². The van der Waals surface area contributed by atoms with E-state index >= 15 is 0 Å². The van der Waals surface area contributed by atoms with Gasteiger partial charge in [-0.25, -0.2) is 8.42 Å². The first-order valence-corrected chi connectivity index (χ1v) is 10.8. The van der Waals surface area contributed by atoms with Gasteiger partial charge in [0.1, 0.15) is 0 Å². The summed E-state index contributed by atoms with van der Waals surface area (Å²) in [6.45, 7) is 1.51. The number of nitrogens with one attached hydrogen (secondary N) is 2. The minimum Gasteiger partial charge on any atom is -0.332 e. The molecule has 2 aromatic rings. The predicted molar refractivity (Wildman–Crippen MR) is 115 cm³/mol. The smallest absolute Gasteiger partial charge is 0.254 e. The third-order valence-electron chi connectivity index (χ3n) is 3.95. The average Bonchev–Trinajstić information content (AvgIpc) is 2.68. The number of nitrogens with zero attached hydrogens (tertiary/aromatic N) is 1. The minimum atomic E-state index is -3.82. The highest BCUT2D eigenvalue weighted by molar-refractivity contribution is 9.10. The third kappa shape index (κ3) is 6.15. The number of carbonyl (C=O) groups excluding carboxylic acids is 2. The summed E-state index contributed by atoms with van der Waals surface area (Å²) in [4.78, 5) is 26.1. The number of likely N-dealkylation sites (N-methyl/N-ethyl adjacent to an activating group) is 1. The maximum Gasteiger partial charge on any atom is 0.254 e. The van der Waals surface area contributed by atoms with Gasteiger partial charge in [-0.1, -0.05) is 27.9 Å². The minimum absolute atomic E-state index is 0.0815. The van der Waals surface area contributed by atoms with Gasteiger partial charge in [0.25, 0.3) is 5.91 Å². The molecule has 9 heteroatoms. The molecule has 0 aliphatic heterocycles. The quantitative estimate of drug-likeness (QED) is 0.598. The first-order valence-electron chi connectivity index (χ1n) is 8.48. The van der Waals surface area contributed by atoms with Crippen LogP contribution in [-0.2, 0) is 14.8 Å². The first kappa shape index (κ1) is 22.6. The standard InChI is InChI=1S/C20H20BrN3O4S/c1-4-10-22-29(27,28)17-7-5-6-15(12-17)20(26)24(3)13-19(25)23-18-9-8-16(21)11-14(18)2/h1,5-9,11-12,22H,10,13H2,2-3H3,(H,23,25). The fourth-order valence-electron chi connectivity index (χ4n) is 2.48. The zero-order valence-corrected chi connectivity index (χ0v) is 18.3. The Kier molecular flexibility index (Phi) is 7.56. The van der Waals surface area contributed by atoms with Gasteiger partial charge < -0.3 is 10.2 Å². The number of hydrogen-bond acceptors (Lipinski definition) is 4. The molecule has 2 aromatic carbocycles. The van der Waals surface area contributed by atoms with Crippen LogP contribution < -0.4 is 10.0 Å². The molecule has 7 nitrogen and oxygen atoms in total. The number of sulfonamides is 1. The van der Waals surface area contributed by atoms with Crippen LogP contribution in [0.15, 0.2) is 51.8 Å². The molecule has 0 radical (unpaired) electrons. The average molecular weight is 478 g/mol. The molecule has 0 aromatic heterocycles. The molecule has 2 rings (SSSR count). The fourth-order valence-corrected chi connectivity index (χ4v) is 3.94. The second-order valence-corrected chi connectivity index (χ2v) is 8.91. The van der Waals surface area contributed by atoms with Crippen molar-refractivity contribution in [2.45, 2.75) is 11.8 Å². The number of rotatable bonds is 7. The monoisotopic (exact) mass is 477 g/mol. The van der Waals surface area contributed by atoms with Crippen molar-refractivity contribution >= 4 is 43.5 Å². The van der Waals surface area contributed by atoms with E-state index in [4.69, 9.17) is 6.42 Å². The van der Waals surface area contributed by atoms with E-state index in [0.717, 1.165) is 10.0 Å². The summed E-state index contributed by atoms with van der Waals surface area (Å²) in [7, 11) is -2.36. The molecule has 0 heterocycles. The Balaban J connectivity index is 2.09. The summed E-state index contributed by atoms with van der Waals surface area (Å²) in [6.07, 6.45) is 5.07. The highest BCUT2D eigenvalue weighted by Crippen LogP contribution is 2.20. The first-order chi connectivity index (χ1) is 13.6. The summed E-state index contributed by atoms with van der Waals surface area (Å²) in [5.74, 6) is 1.33. The Morgan fingerprint density at radius 1 is 1.21 bits per heavy atom. The van der Waals surface area contributed by atoms with Crippen LogP contribution >= 0.6 is 15.9 Å². The van der Waals surface area contributed by atoms with Crippen molar-refractivity contribution in [1.82, 2.24) is 9.62 Å². The SMILES string of the molecule is C#CCNS(=O)(=O)c1cccc(C(=O)N(C)CC(=O)Nc2ccc(Br)cc2C)c1. The van der Waals surface area contributed by atoms with Gasteiger partial charge in [-0.05, 0) is 48.9 Å². The van der Waals surface area contributed by atoms with Crippen molar-refractivity contribution in [3.05, 3.63) is 58.1 Å². The predicted octanol–water partition coefficient (Wildman–Crippen LogP) is 2.38. The molecule has 29 heavy (non-hydrogen) atoms. The fraction of sp³-hybridized carbons (Fsp3) is 0.200. The molecule has 0 aliphatic carbocycles. The summed E-state index contributed by atoms with van der Waals surface area (Å²) in [6, 6.07) is 11.0. The molecule has 0 spiro atoms. The van der Waals surface area contributed by atoms with Gasteiger partial charge in [0.05, 0.1) is 18.0 Å². The molecule has 0 saturated carbocycles. The molecule has 0 saturated heterocycles. The second-order valence-electron chi connectivity index (χ2n) is 6.23. The Morgan fingerprint density at radius 2 is 1.93 bits per heavy atom. The largest absolute Gasteiger partial charge is 0.332 e. The zero-order chi connectivity index (χ0) is 21.6. The number of benzene rings is 2. The topological polar surface area (TPSA) is 95.6 Å². The van der Waals surface area contributed by atoms with E-state index < -0.39 is 15.9 Å². The van der Waals surface area contributed by atoms with Crippen LogP contribution in [-0.4, -0.2) is 45.3 Å². The molecular weight excluding hydrogens is 458 g/mol. The Hall–Kier alpha value is -2.67. The summed E-state index contributed by atoms with van der Waals surface area (Å²) >= 11 is 3.36. The van der Waals surface area contributed by atoms with Crippen LogP contribution in [0.1, 0.15) is 15.9 Å². The van der Waals surface area contributed by atoms with E-state index in [1.807, 2.05) is 13.0 Å². The number of amides is 2. The van der Waals surface area contributed by atoms with Gasteiger partial charge in [-0.15, -0.1) is 6.42 Å². The van der Waals surface area contributed by atoms with Gasteiger partial charge >= 0.3 is 0 Å². The number of terminal acetylenes is 1. The number of halogens is 1. The van der Waals surface area contributed by atoms with Crippen molar-refractivity contribution in [3.63, 3.8) is 0 Å². The van der Waals surface area contributed by atoms with Crippen molar-refractivity contribution in [2.24, 2.45) is 0 Å². The lowest BCUT2D eigenvalue weighted by Crippen LogP contribution is -2.35. The van der Waals surface area contributed by atoms with E-state index in [2.05, 4.69) is 31.9 Å². The number of hydrogen-bond donors (Lipinski definition) is 2. The Labute approximate surface area is 178 Å². The van der Waals surface area contributed by atoms with Gasteiger partial charge in [-0.2, -0.15) is 4.72 Å². The lowest BCUT2D eigenvalue weighted by atomic mass is 10.2. The number of anilines is 1. The van der Waals surface area contributed by atoms with Crippen LogP contribution in [0, 0.1) is 19.3 Å². The summed E-state index contributed by atoms with van der Waals surface area (Å²) in [5, 5.41) is 2.76. The van der Waals surface area contributed by atoms with Gasteiger partial charge in [0.2, 0.25) is 15.9 Å². The highest BCUT2D eigenvalue weighted by Gasteiger charge is 2.19. The summed E-state index contributed by atoms with van der Waals surface area (Å²) < 4.78 is 27.5. The van der Waals surface area contributed by atoms with Crippen LogP contribution in [0.25, 0.3) is 0 Å². The molecular formula is C20H20BrN3O4S. The lowest BCUT2D eigenvalue weighted by molar-refractivity contribution is -0.116. The van der Waals surface area contributed by atoms with Crippen LogP contribution in [0.5, 0.6) is 0 Å². The van der Waals surface area contributed by atoms with Crippen molar-refractivity contribution in [2.75, 3.05) is 25.5 Å². The number of aryl methyl sites for hydroxylation is 1. The van der Waals surface area contributed by atoms with Crippen molar-refractivity contribution in [1.29, 1.82) is 0 Å². The van der Waals surface area contributed by atoms with Gasteiger partial charge in [0.15, 0.2) is 0 Å². The van der Waals surface area contributed by atoms with Crippen LogP contribution in [0.4, 0.5) is 5.69 Å². The van der Waals surface area contributed by atoms with E-state index in [1.54, 1.807) is 12.1 Å². The molecule has 0 fully saturated rings. The molecule has 0 unspecified atom stereocenters. The molecule has 0 bridgehead atoms. The summed E-state index contributed by atoms with van der Waals surface area (Å²) in [5.41, 5.74) is 1.66. The Morgan fingerprint density at radius 3 is 2.59 bits per heavy atom. The highest BCUT2D eigenvalue weighted by atomic mass is 79.9. The molecule has 152 valence electrons. The molecule has 0 atom stereocenters. The van der Waals surface area contributed by atoms with Crippen molar-refractivity contribution in [3.8, 4) is 12.3 Å². The Bertz CT molecular complexity index is 1080. The van der Waals surface area contributed by atoms with E-state index in [0.29, 0.717) is 5.69 Å². The lowest BCUT2D eigenvalue weighted by Gasteiger charge is -2.18. The molecule has 0 aliphatic rings.